The first-order valence-electron chi connectivity index (χ1n) is 13.5. The number of carbonyl (C=O) groups excluding carboxylic acids is 2. The fourth-order valence-electron chi connectivity index (χ4n) is 5.32. The SMILES string of the molecule is CCc1nc2c(cnn2CC)c(NC2CCOCC2)c1CN(Cc1ccc(F)c(Br)c1)C(=O)C1(C(N)=O)CC1. The average Bonchev–Trinajstić information content (AvgIpc) is 3.65. The summed E-state index contributed by atoms with van der Waals surface area (Å²) in [6.45, 7) is 6.52. The molecule has 1 saturated carbocycles. The fourth-order valence-corrected chi connectivity index (χ4v) is 5.75. The van der Waals surface area contributed by atoms with Crippen LogP contribution < -0.4 is 11.1 Å². The summed E-state index contributed by atoms with van der Waals surface area (Å²) in [5.41, 5.74) is 8.71. The third kappa shape index (κ3) is 5.38. The van der Waals surface area contributed by atoms with Crippen molar-refractivity contribution in [3.05, 3.63) is 51.5 Å². The number of ether oxygens (including phenoxy) is 1. The number of nitrogens with one attached hydrogen (secondary N) is 1. The van der Waals surface area contributed by atoms with Crippen LogP contribution in [0.2, 0.25) is 0 Å². The third-order valence-corrected chi connectivity index (χ3v) is 8.41. The summed E-state index contributed by atoms with van der Waals surface area (Å²) in [5.74, 6) is -1.29. The molecule has 0 unspecified atom stereocenters. The number of carbonyl (C=O) groups is 2. The predicted molar refractivity (Wildman–Crippen MR) is 149 cm³/mol. The molecule has 39 heavy (non-hydrogen) atoms. The Morgan fingerprint density at radius 2 is 2.00 bits per heavy atom. The lowest BCUT2D eigenvalue weighted by Crippen LogP contribution is -2.43. The molecule has 0 atom stereocenters. The van der Waals surface area contributed by atoms with Crippen LogP contribution in [0.4, 0.5) is 10.1 Å². The second-order valence-electron chi connectivity index (χ2n) is 10.4. The summed E-state index contributed by atoms with van der Waals surface area (Å²) in [5, 5.41) is 9.20. The zero-order valence-electron chi connectivity index (χ0n) is 22.3. The van der Waals surface area contributed by atoms with Crippen molar-refractivity contribution in [2.24, 2.45) is 11.1 Å². The summed E-state index contributed by atoms with van der Waals surface area (Å²) < 4.78 is 21.7. The predicted octanol–water partition coefficient (Wildman–Crippen LogP) is 4.30. The molecule has 9 nitrogen and oxygen atoms in total. The lowest BCUT2D eigenvalue weighted by molar-refractivity contribution is -0.144. The molecule has 5 rings (SSSR count). The van der Waals surface area contributed by atoms with E-state index in [1.807, 2.05) is 24.7 Å². The van der Waals surface area contributed by atoms with Gasteiger partial charge in [0.1, 0.15) is 11.2 Å². The maximum Gasteiger partial charge on any atom is 0.238 e. The number of pyridine rings is 1. The van der Waals surface area contributed by atoms with E-state index in [2.05, 4.69) is 26.3 Å². The molecule has 0 bridgehead atoms. The van der Waals surface area contributed by atoms with Gasteiger partial charge in [0.25, 0.3) is 0 Å². The number of aryl methyl sites for hydroxylation is 2. The van der Waals surface area contributed by atoms with Gasteiger partial charge in [-0.2, -0.15) is 5.10 Å². The van der Waals surface area contributed by atoms with Crippen molar-refractivity contribution in [1.29, 1.82) is 0 Å². The number of nitrogens with zero attached hydrogens (tertiary/aromatic N) is 4. The highest BCUT2D eigenvalue weighted by Gasteiger charge is 2.57. The highest BCUT2D eigenvalue weighted by atomic mass is 79.9. The Morgan fingerprint density at radius 1 is 1.26 bits per heavy atom. The van der Waals surface area contributed by atoms with Crippen LogP contribution in [-0.4, -0.2) is 50.7 Å². The van der Waals surface area contributed by atoms with Gasteiger partial charge in [-0.1, -0.05) is 13.0 Å². The molecule has 11 heteroatoms. The number of benzene rings is 1. The molecule has 208 valence electrons. The number of hydrogen-bond acceptors (Lipinski definition) is 6. The Morgan fingerprint density at radius 3 is 2.62 bits per heavy atom. The number of halogens is 2. The molecule has 2 fully saturated rings. The van der Waals surface area contributed by atoms with E-state index in [-0.39, 0.29) is 30.9 Å². The maximum absolute atomic E-state index is 14.0. The largest absolute Gasteiger partial charge is 0.381 e. The number of hydrogen-bond donors (Lipinski definition) is 2. The van der Waals surface area contributed by atoms with Gasteiger partial charge in [-0.15, -0.1) is 0 Å². The lowest BCUT2D eigenvalue weighted by atomic mass is 10.00. The molecule has 1 saturated heterocycles. The van der Waals surface area contributed by atoms with Gasteiger partial charge in [0.15, 0.2) is 5.65 Å². The number of rotatable bonds is 10. The summed E-state index contributed by atoms with van der Waals surface area (Å²) in [6.07, 6.45) is 5.06. The number of fused-ring (bicyclic) bond motifs is 1. The van der Waals surface area contributed by atoms with Crippen molar-refractivity contribution < 1.29 is 18.7 Å². The molecule has 1 aliphatic carbocycles. The van der Waals surface area contributed by atoms with E-state index >= 15 is 0 Å². The second kappa shape index (κ2) is 11.2. The van der Waals surface area contributed by atoms with Gasteiger partial charge in [0, 0.05) is 50.1 Å². The minimum atomic E-state index is -1.19. The zero-order chi connectivity index (χ0) is 27.7. The van der Waals surface area contributed by atoms with Crippen LogP contribution in [0, 0.1) is 11.2 Å². The first-order chi connectivity index (χ1) is 18.8. The molecule has 1 aliphatic heterocycles. The Balaban J connectivity index is 1.60. The molecule has 0 radical (unpaired) electrons. The molecular weight excluding hydrogens is 567 g/mol. The van der Waals surface area contributed by atoms with E-state index in [0.717, 1.165) is 46.4 Å². The minimum absolute atomic E-state index is 0.193. The van der Waals surface area contributed by atoms with Crippen LogP contribution in [0.3, 0.4) is 0 Å². The lowest BCUT2D eigenvalue weighted by Gasteiger charge is -2.30. The summed E-state index contributed by atoms with van der Waals surface area (Å²) in [7, 11) is 0. The van der Waals surface area contributed by atoms with E-state index in [9.17, 15) is 14.0 Å². The smallest absolute Gasteiger partial charge is 0.238 e. The van der Waals surface area contributed by atoms with Crippen molar-refractivity contribution in [3.8, 4) is 0 Å². The number of nitrogens with two attached hydrogens (primary N) is 1. The van der Waals surface area contributed by atoms with Gasteiger partial charge in [-0.3, -0.25) is 9.59 Å². The highest BCUT2D eigenvalue weighted by molar-refractivity contribution is 9.10. The van der Waals surface area contributed by atoms with Crippen molar-refractivity contribution in [1.82, 2.24) is 19.7 Å². The Labute approximate surface area is 235 Å². The normalized spacial score (nSPS) is 16.8. The first-order valence-corrected chi connectivity index (χ1v) is 14.3. The van der Waals surface area contributed by atoms with E-state index in [4.69, 9.17) is 15.5 Å². The van der Waals surface area contributed by atoms with Crippen LogP contribution in [0.1, 0.15) is 56.4 Å². The van der Waals surface area contributed by atoms with Crippen LogP contribution in [0.15, 0.2) is 28.9 Å². The fraction of sp³-hybridized carbons (Fsp3) is 0.500. The molecule has 1 aromatic carbocycles. The second-order valence-corrected chi connectivity index (χ2v) is 11.2. The number of anilines is 1. The van der Waals surface area contributed by atoms with E-state index < -0.39 is 11.3 Å². The summed E-state index contributed by atoms with van der Waals surface area (Å²) in [6, 6.07) is 4.88. The van der Waals surface area contributed by atoms with Gasteiger partial charge in [0.2, 0.25) is 11.8 Å². The maximum atomic E-state index is 14.0. The third-order valence-electron chi connectivity index (χ3n) is 7.80. The van der Waals surface area contributed by atoms with Crippen LogP contribution >= 0.6 is 15.9 Å². The van der Waals surface area contributed by atoms with Crippen LogP contribution in [0.25, 0.3) is 11.0 Å². The minimum Gasteiger partial charge on any atom is -0.381 e. The first kappa shape index (κ1) is 27.5. The average molecular weight is 602 g/mol. The number of primary amides is 1. The Hall–Kier alpha value is -3.05. The van der Waals surface area contributed by atoms with Crippen molar-refractivity contribution in [3.63, 3.8) is 0 Å². The molecule has 2 aromatic heterocycles. The van der Waals surface area contributed by atoms with Gasteiger partial charge in [-0.25, -0.2) is 14.1 Å². The van der Waals surface area contributed by atoms with Gasteiger partial charge in [0.05, 0.1) is 21.7 Å². The van der Waals surface area contributed by atoms with E-state index in [0.29, 0.717) is 43.5 Å². The topological polar surface area (TPSA) is 115 Å². The molecule has 3 aromatic rings. The number of amides is 2. The van der Waals surface area contributed by atoms with E-state index in [1.165, 1.54) is 6.07 Å². The standard InChI is InChI=1S/C28H34BrFN6O3/c1-3-23-20(24(33-18-7-11-39-12-8-18)19-14-32-36(4-2)25(19)34-23)16-35(27(38)28(9-10-28)26(31)37)15-17-5-6-22(30)21(29)13-17/h5-6,13-14,18H,3-4,7-12,15-16H2,1-2H3,(H2,31,37)(H,33,34). The molecule has 2 amide bonds. The zero-order valence-corrected chi connectivity index (χ0v) is 23.9. The van der Waals surface area contributed by atoms with Gasteiger partial charge < -0.3 is 20.7 Å². The van der Waals surface area contributed by atoms with Crippen molar-refractivity contribution in [2.45, 2.75) is 71.6 Å². The Kier molecular flexibility index (Phi) is 7.91. The highest BCUT2D eigenvalue weighted by Crippen LogP contribution is 2.47. The van der Waals surface area contributed by atoms with E-state index in [1.54, 1.807) is 17.0 Å². The van der Waals surface area contributed by atoms with Crippen LogP contribution in [0.5, 0.6) is 0 Å². The molecular formula is C28H34BrFN6O3. The molecule has 3 N–H and O–H groups in total. The van der Waals surface area contributed by atoms with Crippen molar-refractivity contribution >= 4 is 44.5 Å². The van der Waals surface area contributed by atoms with Gasteiger partial charge >= 0.3 is 0 Å². The number of aromatic nitrogens is 3. The monoisotopic (exact) mass is 600 g/mol. The molecule has 0 spiro atoms. The Bertz CT molecular complexity index is 1400. The quantitative estimate of drug-likeness (QED) is 0.335. The van der Waals surface area contributed by atoms with Crippen LogP contribution in [-0.2, 0) is 40.4 Å². The molecule has 3 heterocycles. The van der Waals surface area contributed by atoms with Crippen molar-refractivity contribution in [2.75, 3.05) is 18.5 Å². The van der Waals surface area contributed by atoms with Gasteiger partial charge in [-0.05, 0) is 72.7 Å². The summed E-state index contributed by atoms with van der Waals surface area (Å²) >= 11 is 3.25. The summed E-state index contributed by atoms with van der Waals surface area (Å²) in [4.78, 5) is 32.9. The molecule has 2 aliphatic rings.